The van der Waals surface area contributed by atoms with Crippen LogP contribution in [0.2, 0.25) is 0 Å². The summed E-state index contributed by atoms with van der Waals surface area (Å²) in [5.74, 6) is 0. The van der Waals surface area contributed by atoms with Crippen molar-refractivity contribution < 1.29 is 13.5 Å². The van der Waals surface area contributed by atoms with Crippen molar-refractivity contribution in [1.29, 1.82) is 0 Å². The molecule has 6 nitrogen and oxygen atoms in total. The van der Waals surface area contributed by atoms with E-state index in [-0.39, 0.29) is 4.90 Å². The van der Waals surface area contributed by atoms with E-state index in [1.165, 1.54) is 19.2 Å². The highest BCUT2D eigenvalue weighted by atomic mass is 32.2. The molecule has 0 aliphatic carbocycles. The summed E-state index contributed by atoms with van der Waals surface area (Å²) < 4.78 is 25.5. The van der Waals surface area contributed by atoms with Gasteiger partial charge in [-0.2, -0.15) is 0 Å². The number of hydrogen-bond donors (Lipinski definition) is 4. The van der Waals surface area contributed by atoms with Gasteiger partial charge < -0.3 is 16.2 Å². The van der Waals surface area contributed by atoms with Crippen LogP contribution in [0.1, 0.15) is 20.8 Å². The van der Waals surface area contributed by atoms with Crippen LogP contribution in [-0.2, 0) is 10.0 Å². The summed E-state index contributed by atoms with van der Waals surface area (Å²) in [6.45, 7) is 5.33. The molecule has 19 heavy (non-hydrogen) atoms. The topological polar surface area (TPSA) is 104 Å². The minimum absolute atomic E-state index is 0.105. The standard InChI is InChI=1S/C12H21N3O3S/c1-8(16)12(2,3)15-11-6-5-9(7-10(11)13)19(17,18)14-4/h5-8,14-16H,13H2,1-4H3. The quantitative estimate of drug-likeness (QED) is 0.598. The fourth-order valence-corrected chi connectivity index (χ4v) is 2.16. The van der Waals surface area contributed by atoms with Crippen molar-refractivity contribution in [2.24, 2.45) is 0 Å². The highest BCUT2D eigenvalue weighted by molar-refractivity contribution is 7.89. The van der Waals surface area contributed by atoms with Gasteiger partial charge >= 0.3 is 0 Å². The van der Waals surface area contributed by atoms with Crippen LogP contribution in [0.25, 0.3) is 0 Å². The van der Waals surface area contributed by atoms with Gasteiger partial charge in [0.05, 0.1) is 27.9 Å². The summed E-state index contributed by atoms with van der Waals surface area (Å²) in [7, 11) is -2.16. The van der Waals surface area contributed by atoms with E-state index < -0.39 is 21.7 Å². The zero-order valence-corrected chi connectivity index (χ0v) is 12.4. The Morgan fingerprint density at radius 2 is 1.95 bits per heavy atom. The average molecular weight is 287 g/mol. The van der Waals surface area contributed by atoms with Crippen LogP contribution in [0.3, 0.4) is 0 Å². The Morgan fingerprint density at radius 3 is 2.37 bits per heavy atom. The van der Waals surface area contributed by atoms with Crippen LogP contribution in [0.15, 0.2) is 23.1 Å². The van der Waals surface area contributed by atoms with Crippen molar-refractivity contribution in [2.45, 2.75) is 37.3 Å². The van der Waals surface area contributed by atoms with Crippen LogP contribution in [0.5, 0.6) is 0 Å². The normalized spacial score (nSPS) is 14.2. The molecule has 0 radical (unpaired) electrons. The second-order valence-electron chi connectivity index (χ2n) is 4.98. The van der Waals surface area contributed by atoms with Crippen molar-refractivity contribution in [1.82, 2.24) is 4.72 Å². The van der Waals surface area contributed by atoms with Crippen molar-refractivity contribution in [3.63, 3.8) is 0 Å². The molecule has 0 heterocycles. The number of nitrogens with two attached hydrogens (primary N) is 1. The van der Waals surface area contributed by atoms with Crippen LogP contribution in [0, 0.1) is 0 Å². The summed E-state index contributed by atoms with van der Waals surface area (Å²) >= 11 is 0. The van der Waals surface area contributed by atoms with E-state index in [4.69, 9.17) is 5.73 Å². The van der Waals surface area contributed by atoms with Crippen LogP contribution in [-0.4, -0.2) is 32.2 Å². The zero-order chi connectivity index (χ0) is 14.8. The third-order valence-corrected chi connectivity index (χ3v) is 4.52. The van der Waals surface area contributed by atoms with Gasteiger partial charge in [0.15, 0.2) is 0 Å². The zero-order valence-electron chi connectivity index (χ0n) is 11.6. The fourth-order valence-electron chi connectivity index (χ4n) is 1.39. The number of sulfonamides is 1. The van der Waals surface area contributed by atoms with Crippen LogP contribution in [0.4, 0.5) is 11.4 Å². The maximum absolute atomic E-state index is 11.6. The number of benzene rings is 1. The predicted octanol–water partition coefficient (Wildman–Crippen LogP) is 0.748. The summed E-state index contributed by atoms with van der Waals surface area (Å²) in [5.41, 5.74) is 6.17. The van der Waals surface area contributed by atoms with Gasteiger partial charge in [0.25, 0.3) is 0 Å². The lowest BCUT2D eigenvalue weighted by Gasteiger charge is -2.31. The van der Waals surface area contributed by atoms with Gasteiger partial charge in [-0.1, -0.05) is 0 Å². The van der Waals surface area contributed by atoms with Gasteiger partial charge in [0, 0.05) is 0 Å². The molecule has 108 valence electrons. The third kappa shape index (κ3) is 3.59. The minimum Gasteiger partial charge on any atom is -0.397 e. The molecule has 0 amide bonds. The van der Waals surface area contributed by atoms with Crippen LogP contribution >= 0.6 is 0 Å². The number of nitrogen functional groups attached to an aromatic ring is 1. The maximum atomic E-state index is 11.6. The first-order chi connectivity index (χ1) is 8.60. The van der Waals surface area contributed by atoms with Gasteiger partial charge in [-0.25, -0.2) is 13.1 Å². The molecule has 1 aromatic rings. The lowest BCUT2D eigenvalue weighted by Crippen LogP contribution is -2.42. The molecule has 0 saturated carbocycles. The third-order valence-electron chi connectivity index (χ3n) is 3.10. The molecular formula is C12H21N3O3S. The van der Waals surface area contributed by atoms with Gasteiger partial charge in [0.2, 0.25) is 10.0 Å². The maximum Gasteiger partial charge on any atom is 0.240 e. The average Bonchev–Trinajstić information content (AvgIpc) is 2.31. The van der Waals surface area contributed by atoms with Crippen LogP contribution < -0.4 is 15.8 Å². The summed E-state index contributed by atoms with van der Waals surface area (Å²) in [6.07, 6.45) is -0.590. The Kier molecular flexibility index (Phi) is 4.44. The lowest BCUT2D eigenvalue weighted by molar-refractivity contribution is 0.133. The second kappa shape index (κ2) is 5.36. The van der Waals surface area contributed by atoms with E-state index in [1.807, 2.05) is 13.8 Å². The number of nitrogens with one attached hydrogen (secondary N) is 2. The molecule has 0 fully saturated rings. The predicted molar refractivity (Wildman–Crippen MR) is 76.5 cm³/mol. The summed E-state index contributed by atoms with van der Waals surface area (Å²) in [4.78, 5) is 0.105. The number of hydrogen-bond acceptors (Lipinski definition) is 5. The van der Waals surface area contributed by atoms with Crippen molar-refractivity contribution in [3.8, 4) is 0 Å². The molecule has 7 heteroatoms. The Bertz CT molecular complexity index is 553. The monoisotopic (exact) mass is 287 g/mol. The summed E-state index contributed by atoms with van der Waals surface area (Å²) in [6, 6.07) is 4.43. The Hall–Kier alpha value is -1.31. The molecule has 1 atom stereocenters. The molecule has 0 spiro atoms. The molecule has 0 aliphatic rings. The van der Waals surface area contributed by atoms with E-state index >= 15 is 0 Å². The molecule has 1 rings (SSSR count). The van der Waals surface area contributed by atoms with Gasteiger partial charge in [-0.05, 0) is 46.0 Å². The van der Waals surface area contributed by atoms with Gasteiger partial charge in [-0.3, -0.25) is 0 Å². The van der Waals surface area contributed by atoms with E-state index in [1.54, 1.807) is 13.0 Å². The van der Waals surface area contributed by atoms with Crippen molar-refractivity contribution in [3.05, 3.63) is 18.2 Å². The first-order valence-electron chi connectivity index (χ1n) is 5.89. The minimum atomic E-state index is -3.50. The molecule has 5 N–H and O–H groups in total. The lowest BCUT2D eigenvalue weighted by atomic mass is 9.98. The number of anilines is 2. The smallest absolute Gasteiger partial charge is 0.240 e. The van der Waals surface area contributed by atoms with Gasteiger partial charge in [0.1, 0.15) is 0 Å². The SMILES string of the molecule is CNS(=O)(=O)c1ccc(NC(C)(C)C(C)O)c(N)c1. The fraction of sp³-hybridized carbons (Fsp3) is 0.500. The number of aliphatic hydroxyl groups excluding tert-OH is 1. The molecule has 0 saturated heterocycles. The highest BCUT2D eigenvalue weighted by Gasteiger charge is 2.24. The molecular weight excluding hydrogens is 266 g/mol. The number of rotatable bonds is 5. The Balaban J connectivity index is 3.09. The summed E-state index contributed by atoms with van der Waals surface area (Å²) in [5, 5.41) is 12.7. The van der Waals surface area contributed by atoms with Crippen molar-refractivity contribution >= 4 is 21.4 Å². The number of aliphatic hydroxyl groups is 1. The molecule has 1 aromatic carbocycles. The van der Waals surface area contributed by atoms with E-state index in [2.05, 4.69) is 10.0 Å². The van der Waals surface area contributed by atoms with E-state index in [0.717, 1.165) is 0 Å². The molecule has 1 unspecified atom stereocenters. The molecule has 0 bridgehead atoms. The first kappa shape index (κ1) is 15.7. The molecule has 0 aromatic heterocycles. The Morgan fingerprint density at radius 1 is 1.37 bits per heavy atom. The molecule has 0 aliphatic heterocycles. The van der Waals surface area contributed by atoms with Crippen molar-refractivity contribution in [2.75, 3.05) is 18.1 Å². The largest absolute Gasteiger partial charge is 0.397 e. The first-order valence-corrected chi connectivity index (χ1v) is 7.38. The van der Waals surface area contributed by atoms with E-state index in [0.29, 0.717) is 11.4 Å². The highest BCUT2D eigenvalue weighted by Crippen LogP contribution is 2.26. The van der Waals surface area contributed by atoms with Gasteiger partial charge in [-0.15, -0.1) is 0 Å². The Labute approximate surface area is 114 Å². The van der Waals surface area contributed by atoms with E-state index in [9.17, 15) is 13.5 Å². The second-order valence-corrected chi connectivity index (χ2v) is 6.87.